The first-order valence-electron chi connectivity index (χ1n) is 11.7. The van der Waals surface area contributed by atoms with Crippen molar-refractivity contribution in [2.45, 2.75) is 0 Å². The monoisotopic (exact) mass is 482 g/mol. The minimum atomic E-state index is -0.300. The van der Waals surface area contributed by atoms with E-state index in [4.69, 9.17) is 0 Å². The highest BCUT2D eigenvalue weighted by Gasteiger charge is 2.17. The molecule has 0 spiro atoms. The number of carbonyl (C=O) groups excluding carboxylic acids is 2. The van der Waals surface area contributed by atoms with Gasteiger partial charge in [0.2, 0.25) is 5.95 Å². The molecule has 3 aromatic heterocycles. The maximum atomic E-state index is 13.0. The van der Waals surface area contributed by atoms with Crippen molar-refractivity contribution in [2.75, 3.05) is 50.5 Å². The fourth-order valence-electron chi connectivity index (χ4n) is 4.07. The SMILES string of the molecule is CNC(=O)c1cncc(-c2ccc3cnc(NC(=O)c4ccnc(N5CCN(C)CC5)c4)nc3c2)c1. The van der Waals surface area contributed by atoms with Crippen molar-refractivity contribution in [3.8, 4) is 11.1 Å². The molecular formula is C26H26N8O2. The molecule has 1 aliphatic rings. The summed E-state index contributed by atoms with van der Waals surface area (Å²) < 4.78 is 0. The first kappa shape index (κ1) is 23.3. The number of anilines is 2. The molecule has 36 heavy (non-hydrogen) atoms. The van der Waals surface area contributed by atoms with E-state index < -0.39 is 0 Å². The van der Waals surface area contributed by atoms with Crippen LogP contribution in [0.4, 0.5) is 11.8 Å². The largest absolute Gasteiger partial charge is 0.355 e. The third kappa shape index (κ3) is 4.98. The highest BCUT2D eigenvalue weighted by atomic mass is 16.2. The number of piperazine rings is 1. The predicted molar refractivity (Wildman–Crippen MR) is 138 cm³/mol. The van der Waals surface area contributed by atoms with E-state index in [2.05, 4.69) is 47.4 Å². The van der Waals surface area contributed by atoms with Crippen LogP contribution >= 0.6 is 0 Å². The zero-order valence-corrected chi connectivity index (χ0v) is 20.1. The lowest BCUT2D eigenvalue weighted by Gasteiger charge is -2.33. The number of nitrogens with one attached hydrogen (secondary N) is 2. The molecule has 0 aliphatic carbocycles. The Bertz CT molecular complexity index is 1430. The van der Waals surface area contributed by atoms with Gasteiger partial charge in [0, 0.05) is 74.5 Å². The van der Waals surface area contributed by atoms with Crippen LogP contribution in [0.5, 0.6) is 0 Å². The zero-order chi connectivity index (χ0) is 25.1. The predicted octanol–water partition coefficient (Wildman–Crippen LogP) is 2.45. The van der Waals surface area contributed by atoms with E-state index >= 15 is 0 Å². The van der Waals surface area contributed by atoms with E-state index in [0.29, 0.717) is 16.6 Å². The number of amides is 2. The van der Waals surface area contributed by atoms with Crippen molar-refractivity contribution >= 4 is 34.5 Å². The van der Waals surface area contributed by atoms with Crippen LogP contribution in [-0.2, 0) is 0 Å². The van der Waals surface area contributed by atoms with Gasteiger partial charge in [-0.25, -0.2) is 15.0 Å². The van der Waals surface area contributed by atoms with Gasteiger partial charge >= 0.3 is 0 Å². The fourth-order valence-corrected chi connectivity index (χ4v) is 4.07. The molecule has 1 aliphatic heterocycles. The summed E-state index contributed by atoms with van der Waals surface area (Å²) in [6.45, 7) is 3.65. The Hall–Kier alpha value is -4.44. The molecule has 4 heterocycles. The maximum absolute atomic E-state index is 13.0. The number of nitrogens with zero attached hydrogens (tertiary/aromatic N) is 6. The molecule has 2 amide bonds. The highest BCUT2D eigenvalue weighted by molar-refractivity contribution is 6.04. The summed E-state index contributed by atoms with van der Waals surface area (Å²) in [5, 5.41) is 6.23. The number of benzene rings is 1. The van der Waals surface area contributed by atoms with E-state index in [-0.39, 0.29) is 17.8 Å². The van der Waals surface area contributed by atoms with Gasteiger partial charge in [0.15, 0.2) is 0 Å². The summed E-state index contributed by atoms with van der Waals surface area (Å²) in [6, 6.07) is 11.0. The fraction of sp³-hybridized carbons (Fsp3) is 0.231. The van der Waals surface area contributed by atoms with Crippen molar-refractivity contribution in [1.82, 2.24) is 30.2 Å². The molecule has 0 atom stereocenters. The van der Waals surface area contributed by atoms with Crippen molar-refractivity contribution < 1.29 is 9.59 Å². The van der Waals surface area contributed by atoms with E-state index in [0.717, 1.165) is 48.5 Å². The second-order valence-electron chi connectivity index (χ2n) is 8.66. The molecule has 0 radical (unpaired) electrons. The number of carbonyl (C=O) groups is 2. The van der Waals surface area contributed by atoms with Gasteiger partial charge in [-0.05, 0) is 36.9 Å². The van der Waals surface area contributed by atoms with Crippen LogP contribution in [0.25, 0.3) is 22.0 Å². The average molecular weight is 483 g/mol. The summed E-state index contributed by atoms with van der Waals surface area (Å²) in [5.41, 5.74) is 3.27. The number of hydrogen-bond donors (Lipinski definition) is 2. The molecule has 10 heteroatoms. The Balaban J connectivity index is 1.36. The molecule has 1 saturated heterocycles. The molecule has 0 bridgehead atoms. The van der Waals surface area contributed by atoms with Crippen LogP contribution < -0.4 is 15.5 Å². The maximum Gasteiger partial charge on any atom is 0.258 e. The number of hydrogen-bond acceptors (Lipinski definition) is 8. The molecular weight excluding hydrogens is 456 g/mol. The van der Waals surface area contributed by atoms with Crippen LogP contribution in [0.15, 0.2) is 61.2 Å². The van der Waals surface area contributed by atoms with E-state index in [1.165, 1.54) is 6.20 Å². The second kappa shape index (κ2) is 10.0. The Morgan fingerprint density at radius 2 is 1.69 bits per heavy atom. The van der Waals surface area contributed by atoms with E-state index in [1.54, 1.807) is 43.8 Å². The first-order valence-corrected chi connectivity index (χ1v) is 11.7. The lowest BCUT2D eigenvalue weighted by Crippen LogP contribution is -2.44. The molecule has 2 N–H and O–H groups in total. The van der Waals surface area contributed by atoms with Gasteiger partial charge in [0.25, 0.3) is 11.8 Å². The lowest BCUT2D eigenvalue weighted by atomic mass is 10.0. The van der Waals surface area contributed by atoms with Gasteiger partial charge in [-0.1, -0.05) is 12.1 Å². The van der Waals surface area contributed by atoms with E-state index in [9.17, 15) is 9.59 Å². The van der Waals surface area contributed by atoms with E-state index in [1.807, 2.05) is 18.2 Å². The molecule has 0 unspecified atom stereocenters. The van der Waals surface area contributed by atoms with Crippen LogP contribution in [0.2, 0.25) is 0 Å². The highest BCUT2D eigenvalue weighted by Crippen LogP contribution is 2.24. The normalized spacial score (nSPS) is 14.0. The minimum Gasteiger partial charge on any atom is -0.355 e. The van der Waals surface area contributed by atoms with Gasteiger partial charge < -0.3 is 15.1 Å². The summed E-state index contributed by atoms with van der Waals surface area (Å²) in [6.07, 6.45) is 6.53. The molecule has 4 aromatic rings. The molecule has 0 saturated carbocycles. The van der Waals surface area contributed by atoms with Crippen LogP contribution in [0, 0.1) is 0 Å². The number of pyridine rings is 2. The van der Waals surface area contributed by atoms with Crippen molar-refractivity contribution in [3.05, 3.63) is 72.3 Å². The number of fused-ring (bicyclic) bond motifs is 1. The number of likely N-dealkylation sites (N-methyl/N-ethyl adjacent to an activating group) is 1. The third-order valence-corrected chi connectivity index (χ3v) is 6.20. The molecule has 1 aromatic carbocycles. The van der Waals surface area contributed by atoms with Crippen molar-refractivity contribution in [2.24, 2.45) is 0 Å². The molecule has 5 rings (SSSR count). The third-order valence-electron chi connectivity index (χ3n) is 6.20. The summed E-state index contributed by atoms with van der Waals surface area (Å²) in [4.78, 5) is 46.9. The standard InChI is InChI=1S/C26H26N8O2/c1-27-24(35)21-11-20(14-28-15-21)17-3-4-19-16-30-26(31-22(19)12-17)32-25(36)18-5-6-29-23(13-18)34-9-7-33(2)8-10-34/h3-6,11-16H,7-10H2,1-2H3,(H,27,35)(H,30,31,32,36). The quantitative estimate of drug-likeness (QED) is 0.446. The number of aromatic nitrogens is 4. The summed E-state index contributed by atoms with van der Waals surface area (Å²) in [5.74, 6) is 0.488. The summed E-state index contributed by atoms with van der Waals surface area (Å²) in [7, 11) is 3.68. The summed E-state index contributed by atoms with van der Waals surface area (Å²) >= 11 is 0. The smallest absolute Gasteiger partial charge is 0.258 e. The Labute approximate surface area is 208 Å². The lowest BCUT2D eigenvalue weighted by molar-refractivity contribution is 0.0961. The van der Waals surface area contributed by atoms with Crippen LogP contribution in [-0.4, -0.2) is 76.9 Å². The van der Waals surface area contributed by atoms with Crippen LogP contribution in [0.1, 0.15) is 20.7 Å². The molecule has 10 nitrogen and oxygen atoms in total. The van der Waals surface area contributed by atoms with Gasteiger partial charge in [-0.15, -0.1) is 0 Å². The van der Waals surface area contributed by atoms with Gasteiger partial charge in [0.1, 0.15) is 5.82 Å². The van der Waals surface area contributed by atoms with Gasteiger partial charge in [0.05, 0.1) is 11.1 Å². The Morgan fingerprint density at radius 1 is 0.861 bits per heavy atom. The Kier molecular flexibility index (Phi) is 6.50. The average Bonchev–Trinajstić information content (AvgIpc) is 2.92. The van der Waals surface area contributed by atoms with Crippen molar-refractivity contribution in [3.63, 3.8) is 0 Å². The molecule has 182 valence electrons. The minimum absolute atomic E-state index is 0.204. The van der Waals surface area contributed by atoms with Gasteiger partial charge in [-0.2, -0.15) is 0 Å². The second-order valence-corrected chi connectivity index (χ2v) is 8.66. The van der Waals surface area contributed by atoms with Crippen LogP contribution in [0.3, 0.4) is 0 Å². The number of rotatable bonds is 5. The topological polar surface area (TPSA) is 116 Å². The molecule has 1 fully saturated rings. The van der Waals surface area contributed by atoms with Gasteiger partial charge in [-0.3, -0.25) is 19.9 Å². The Morgan fingerprint density at radius 3 is 2.50 bits per heavy atom. The zero-order valence-electron chi connectivity index (χ0n) is 20.1. The first-order chi connectivity index (χ1) is 17.5. The van der Waals surface area contributed by atoms with Crippen molar-refractivity contribution in [1.29, 1.82) is 0 Å².